The maximum atomic E-state index is 12.5. The molecule has 7 heteroatoms. The van der Waals surface area contributed by atoms with Crippen molar-refractivity contribution < 1.29 is 9.53 Å². The molecule has 0 spiro atoms. The van der Waals surface area contributed by atoms with Crippen LogP contribution in [0.5, 0.6) is 5.75 Å². The Hall–Kier alpha value is -2.57. The number of hydrogen-bond donors (Lipinski definition) is 0. The number of amides is 1. The van der Waals surface area contributed by atoms with Gasteiger partial charge >= 0.3 is 0 Å². The fourth-order valence-corrected chi connectivity index (χ4v) is 4.46. The van der Waals surface area contributed by atoms with Crippen LogP contribution in [-0.2, 0) is 4.79 Å². The highest BCUT2D eigenvalue weighted by molar-refractivity contribution is 7.22. The largest absolute Gasteiger partial charge is 0.493 e. The van der Waals surface area contributed by atoms with Gasteiger partial charge in [-0.3, -0.25) is 4.79 Å². The van der Waals surface area contributed by atoms with Gasteiger partial charge in [0.15, 0.2) is 10.9 Å². The lowest BCUT2D eigenvalue weighted by Gasteiger charge is -2.34. The lowest BCUT2D eigenvalue weighted by molar-refractivity contribution is -0.126. The van der Waals surface area contributed by atoms with Crippen molar-refractivity contribution in [2.75, 3.05) is 38.2 Å². The second-order valence-corrected chi connectivity index (χ2v) is 7.90. The summed E-state index contributed by atoms with van der Waals surface area (Å²) in [5, 5.41) is 1.50. The van der Waals surface area contributed by atoms with E-state index in [0.29, 0.717) is 23.9 Å². The van der Waals surface area contributed by atoms with Gasteiger partial charge in [-0.2, -0.15) is 0 Å². The summed E-state index contributed by atoms with van der Waals surface area (Å²) in [5.41, 5.74) is 1.82. The van der Waals surface area contributed by atoms with Crippen LogP contribution >= 0.6 is 22.9 Å². The van der Waals surface area contributed by atoms with Crippen LogP contribution in [0.15, 0.2) is 48.5 Å². The molecule has 0 N–H and O–H groups in total. The predicted molar refractivity (Wildman–Crippen MR) is 115 cm³/mol. The molecule has 0 unspecified atom stereocenters. The molecule has 4 rings (SSSR count). The molecule has 28 heavy (non-hydrogen) atoms. The molecule has 2 heterocycles. The van der Waals surface area contributed by atoms with Crippen LogP contribution in [0.4, 0.5) is 5.13 Å². The van der Waals surface area contributed by atoms with Crippen LogP contribution in [0, 0.1) is 0 Å². The Balaban J connectivity index is 1.42. The van der Waals surface area contributed by atoms with Crippen molar-refractivity contribution in [1.82, 2.24) is 9.88 Å². The van der Waals surface area contributed by atoms with Gasteiger partial charge in [-0.05, 0) is 23.8 Å². The van der Waals surface area contributed by atoms with Crippen LogP contribution in [0.1, 0.15) is 5.56 Å². The van der Waals surface area contributed by atoms with Crippen molar-refractivity contribution in [3.05, 3.63) is 59.1 Å². The first-order valence-corrected chi connectivity index (χ1v) is 10.2. The highest BCUT2D eigenvalue weighted by atomic mass is 35.5. The Kier molecular flexibility index (Phi) is 5.50. The smallest absolute Gasteiger partial charge is 0.246 e. The number of hydrogen-bond acceptors (Lipinski definition) is 5. The molecule has 1 aliphatic heterocycles. The van der Waals surface area contributed by atoms with Crippen molar-refractivity contribution in [3.8, 4) is 5.75 Å². The van der Waals surface area contributed by atoms with Gasteiger partial charge in [0.05, 0.1) is 16.8 Å². The lowest BCUT2D eigenvalue weighted by Crippen LogP contribution is -2.48. The third-order valence-electron chi connectivity index (χ3n) is 4.74. The summed E-state index contributed by atoms with van der Waals surface area (Å²) in [6.07, 6.45) is 3.51. The second kappa shape index (κ2) is 8.20. The number of aromatic nitrogens is 1. The number of anilines is 1. The van der Waals surface area contributed by atoms with E-state index < -0.39 is 0 Å². The van der Waals surface area contributed by atoms with Gasteiger partial charge in [-0.15, -0.1) is 0 Å². The van der Waals surface area contributed by atoms with E-state index in [1.807, 2.05) is 53.4 Å². The summed E-state index contributed by atoms with van der Waals surface area (Å²) in [5.74, 6) is 0.655. The number of nitrogens with zero attached hydrogens (tertiary/aromatic N) is 3. The van der Waals surface area contributed by atoms with E-state index in [9.17, 15) is 4.79 Å². The molecule has 144 valence electrons. The Morgan fingerprint density at radius 3 is 2.61 bits per heavy atom. The molecule has 1 aliphatic rings. The number of piperazine rings is 1. The molecule has 1 fully saturated rings. The number of carbonyl (C=O) groups is 1. The Morgan fingerprint density at radius 1 is 1.14 bits per heavy atom. The van der Waals surface area contributed by atoms with Gasteiger partial charge in [0, 0.05) is 32.3 Å². The summed E-state index contributed by atoms with van der Waals surface area (Å²) in [7, 11) is 1.60. The van der Waals surface area contributed by atoms with Crippen LogP contribution in [0.25, 0.3) is 16.3 Å². The van der Waals surface area contributed by atoms with Crippen LogP contribution in [0.2, 0.25) is 5.02 Å². The number of rotatable bonds is 4. The molecule has 1 amide bonds. The third-order valence-corrected chi connectivity index (χ3v) is 6.12. The molecule has 0 aliphatic carbocycles. The van der Waals surface area contributed by atoms with Crippen molar-refractivity contribution >= 4 is 50.3 Å². The molecule has 1 saturated heterocycles. The average molecular weight is 414 g/mol. The number of carbonyl (C=O) groups excluding carboxylic acids is 1. The minimum atomic E-state index is 0.0428. The van der Waals surface area contributed by atoms with Crippen LogP contribution < -0.4 is 9.64 Å². The molecule has 1 aromatic heterocycles. The standard InChI is InChI=1S/C21H20ClN3O2S/c1-27-20-16(22)8-9-17-19(20)23-21(28-17)25-13-11-24(12-14-25)18(26)10-7-15-5-3-2-4-6-15/h2-10H,11-14H2,1H3/b10-7+. The van der Waals surface area contributed by atoms with Gasteiger partial charge in [0.2, 0.25) is 5.91 Å². The molecule has 0 radical (unpaired) electrons. The number of fused-ring (bicyclic) bond motifs is 1. The van der Waals surface area contributed by atoms with Gasteiger partial charge in [0.25, 0.3) is 0 Å². The highest BCUT2D eigenvalue weighted by Gasteiger charge is 2.23. The summed E-state index contributed by atoms with van der Waals surface area (Å²) >= 11 is 7.82. The van der Waals surface area contributed by atoms with Gasteiger partial charge in [0.1, 0.15) is 5.52 Å². The monoisotopic (exact) mass is 413 g/mol. The molecular weight excluding hydrogens is 394 g/mol. The maximum absolute atomic E-state index is 12.5. The summed E-state index contributed by atoms with van der Waals surface area (Å²) in [6, 6.07) is 13.6. The Morgan fingerprint density at radius 2 is 1.89 bits per heavy atom. The maximum Gasteiger partial charge on any atom is 0.246 e. The number of benzene rings is 2. The number of halogens is 1. The number of methoxy groups -OCH3 is 1. The van der Waals surface area contributed by atoms with Crippen molar-refractivity contribution in [2.45, 2.75) is 0 Å². The summed E-state index contributed by atoms with van der Waals surface area (Å²) in [4.78, 5) is 21.3. The van der Waals surface area contributed by atoms with Crippen LogP contribution in [0.3, 0.4) is 0 Å². The normalized spacial score (nSPS) is 14.8. The molecular formula is C21H20ClN3O2S. The fraction of sp³-hybridized carbons (Fsp3) is 0.238. The zero-order valence-corrected chi connectivity index (χ0v) is 17.0. The second-order valence-electron chi connectivity index (χ2n) is 6.48. The first-order valence-electron chi connectivity index (χ1n) is 9.06. The zero-order chi connectivity index (χ0) is 19.5. The minimum absolute atomic E-state index is 0.0428. The van der Waals surface area contributed by atoms with Crippen molar-refractivity contribution in [1.29, 1.82) is 0 Å². The SMILES string of the molecule is COc1c(Cl)ccc2sc(N3CCN(C(=O)/C=C/c4ccccc4)CC3)nc12. The van der Waals surface area contributed by atoms with E-state index in [1.165, 1.54) is 0 Å². The zero-order valence-electron chi connectivity index (χ0n) is 15.5. The Labute approximate surface area is 172 Å². The van der Waals surface area contributed by atoms with E-state index in [2.05, 4.69) is 4.90 Å². The van der Waals surface area contributed by atoms with Gasteiger partial charge in [-0.1, -0.05) is 53.3 Å². The van der Waals surface area contributed by atoms with Gasteiger partial charge < -0.3 is 14.5 Å². The van der Waals surface area contributed by atoms with Crippen molar-refractivity contribution in [3.63, 3.8) is 0 Å². The van der Waals surface area contributed by atoms with E-state index >= 15 is 0 Å². The Bertz CT molecular complexity index is 1010. The summed E-state index contributed by atoms with van der Waals surface area (Å²) < 4.78 is 6.45. The fourth-order valence-electron chi connectivity index (χ4n) is 3.22. The molecule has 2 aromatic carbocycles. The van der Waals surface area contributed by atoms with E-state index in [4.69, 9.17) is 21.3 Å². The van der Waals surface area contributed by atoms with E-state index in [1.54, 1.807) is 24.5 Å². The predicted octanol–water partition coefficient (Wildman–Crippen LogP) is 4.32. The minimum Gasteiger partial charge on any atom is -0.493 e. The number of thiazole rings is 1. The first kappa shape index (κ1) is 18.8. The quantitative estimate of drug-likeness (QED) is 0.597. The molecule has 0 atom stereocenters. The first-order chi connectivity index (χ1) is 13.7. The van der Waals surface area contributed by atoms with E-state index in [-0.39, 0.29) is 5.91 Å². The van der Waals surface area contributed by atoms with E-state index in [0.717, 1.165) is 34.0 Å². The molecule has 3 aromatic rings. The third kappa shape index (κ3) is 3.84. The summed E-state index contributed by atoms with van der Waals surface area (Å²) in [6.45, 7) is 2.85. The molecule has 0 bridgehead atoms. The highest BCUT2D eigenvalue weighted by Crippen LogP contribution is 2.38. The molecule has 5 nitrogen and oxygen atoms in total. The number of ether oxygens (including phenoxy) is 1. The van der Waals surface area contributed by atoms with Gasteiger partial charge in [-0.25, -0.2) is 4.98 Å². The van der Waals surface area contributed by atoms with Crippen LogP contribution in [-0.4, -0.2) is 49.1 Å². The molecule has 0 saturated carbocycles. The topological polar surface area (TPSA) is 45.7 Å². The van der Waals surface area contributed by atoms with Crippen molar-refractivity contribution in [2.24, 2.45) is 0 Å². The average Bonchev–Trinajstić information content (AvgIpc) is 3.17. The lowest BCUT2D eigenvalue weighted by atomic mass is 10.2.